The summed E-state index contributed by atoms with van der Waals surface area (Å²) in [5.74, 6) is 0.865. The third kappa shape index (κ3) is 2.21. The fourth-order valence-corrected chi connectivity index (χ4v) is 1.58. The maximum Gasteiger partial charge on any atom is 0.195 e. The van der Waals surface area contributed by atoms with E-state index < -0.39 is 0 Å². The van der Waals surface area contributed by atoms with Gasteiger partial charge in [0.15, 0.2) is 5.96 Å². The second-order valence-electron chi connectivity index (χ2n) is 3.69. The standard InChI is InChI=1S/C11H16N4/c1-15(2)10-6-4-3-5-9(10)14-11-12-7-8-13-11/h3-6H,7-8H2,1-2H3,(H2,12,13,14). The summed E-state index contributed by atoms with van der Waals surface area (Å²) >= 11 is 0. The highest BCUT2D eigenvalue weighted by molar-refractivity contribution is 5.97. The van der Waals surface area contributed by atoms with Crippen molar-refractivity contribution in [2.75, 3.05) is 37.4 Å². The Bertz CT molecular complexity index is 371. The van der Waals surface area contributed by atoms with Crippen molar-refractivity contribution < 1.29 is 0 Å². The summed E-state index contributed by atoms with van der Waals surface area (Å²) in [6, 6.07) is 8.19. The summed E-state index contributed by atoms with van der Waals surface area (Å²) in [5, 5.41) is 6.48. The molecule has 1 aromatic rings. The van der Waals surface area contributed by atoms with Gasteiger partial charge in [-0.15, -0.1) is 0 Å². The molecule has 2 rings (SSSR count). The Morgan fingerprint density at radius 2 is 2.13 bits per heavy atom. The van der Waals surface area contributed by atoms with Crippen LogP contribution in [0.3, 0.4) is 0 Å². The maximum atomic E-state index is 4.31. The monoisotopic (exact) mass is 204 g/mol. The molecule has 0 spiro atoms. The topological polar surface area (TPSA) is 39.7 Å². The molecule has 0 amide bonds. The summed E-state index contributed by atoms with van der Waals surface area (Å²) in [6.45, 7) is 1.78. The molecule has 1 heterocycles. The van der Waals surface area contributed by atoms with Gasteiger partial charge in [0.1, 0.15) is 0 Å². The molecule has 0 fully saturated rings. The molecule has 0 bridgehead atoms. The van der Waals surface area contributed by atoms with Crippen molar-refractivity contribution in [2.45, 2.75) is 0 Å². The van der Waals surface area contributed by atoms with Gasteiger partial charge in [0, 0.05) is 20.6 Å². The van der Waals surface area contributed by atoms with Crippen LogP contribution in [-0.2, 0) is 0 Å². The van der Waals surface area contributed by atoms with Gasteiger partial charge in [-0.2, -0.15) is 0 Å². The number of rotatable bonds is 2. The molecule has 0 aliphatic carbocycles. The number of aliphatic imine (C=N–C) groups is 1. The van der Waals surface area contributed by atoms with Crippen LogP contribution in [0.25, 0.3) is 0 Å². The highest BCUT2D eigenvalue weighted by atomic mass is 15.2. The molecule has 0 aromatic heterocycles. The number of hydrogen-bond acceptors (Lipinski definition) is 4. The molecule has 0 atom stereocenters. The lowest BCUT2D eigenvalue weighted by Gasteiger charge is -2.18. The van der Waals surface area contributed by atoms with Gasteiger partial charge in [-0.05, 0) is 12.1 Å². The van der Waals surface area contributed by atoms with E-state index in [2.05, 4.69) is 32.7 Å². The zero-order valence-electron chi connectivity index (χ0n) is 9.12. The second-order valence-corrected chi connectivity index (χ2v) is 3.69. The van der Waals surface area contributed by atoms with Gasteiger partial charge in [0.05, 0.1) is 17.9 Å². The Morgan fingerprint density at radius 1 is 1.33 bits per heavy atom. The van der Waals surface area contributed by atoms with Gasteiger partial charge in [-0.25, -0.2) is 0 Å². The van der Waals surface area contributed by atoms with E-state index in [-0.39, 0.29) is 0 Å². The van der Waals surface area contributed by atoms with E-state index in [0.29, 0.717) is 0 Å². The average molecular weight is 204 g/mol. The van der Waals surface area contributed by atoms with Crippen LogP contribution in [0.15, 0.2) is 29.3 Å². The number of nitrogens with zero attached hydrogens (tertiary/aromatic N) is 2. The number of para-hydroxylation sites is 2. The number of benzene rings is 1. The molecule has 0 radical (unpaired) electrons. The summed E-state index contributed by atoms with van der Waals surface area (Å²) in [5.41, 5.74) is 2.24. The van der Waals surface area contributed by atoms with Crippen molar-refractivity contribution in [2.24, 2.45) is 4.99 Å². The van der Waals surface area contributed by atoms with E-state index in [9.17, 15) is 0 Å². The summed E-state index contributed by atoms with van der Waals surface area (Å²) in [7, 11) is 4.06. The fraction of sp³-hybridized carbons (Fsp3) is 0.364. The molecule has 80 valence electrons. The molecule has 1 aliphatic rings. The largest absolute Gasteiger partial charge is 0.376 e. The molecular formula is C11H16N4. The van der Waals surface area contributed by atoms with Crippen LogP contribution in [0.2, 0.25) is 0 Å². The van der Waals surface area contributed by atoms with E-state index >= 15 is 0 Å². The number of guanidine groups is 1. The van der Waals surface area contributed by atoms with E-state index in [4.69, 9.17) is 0 Å². The van der Waals surface area contributed by atoms with Crippen LogP contribution >= 0.6 is 0 Å². The maximum absolute atomic E-state index is 4.31. The predicted molar refractivity (Wildman–Crippen MR) is 64.7 cm³/mol. The Morgan fingerprint density at radius 3 is 2.80 bits per heavy atom. The van der Waals surface area contributed by atoms with Crippen LogP contribution in [0.1, 0.15) is 0 Å². The molecule has 1 aliphatic heterocycles. The third-order valence-corrected chi connectivity index (χ3v) is 2.31. The van der Waals surface area contributed by atoms with Crippen molar-refractivity contribution in [1.29, 1.82) is 0 Å². The Hall–Kier alpha value is -1.71. The average Bonchev–Trinajstić information content (AvgIpc) is 2.71. The van der Waals surface area contributed by atoms with Gasteiger partial charge in [0.25, 0.3) is 0 Å². The summed E-state index contributed by atoms with van der Waals surface area (Å²) in [4.78, 5) is 6.39. The molecule has 1 aromatic carbocycles. The Kier molecular flexibility index (Phi) is 2.76. The second kappa shape index (κ2) is 4.21. The first-order valence-corrected chi connectivity index (χ1v) is 5.09. The van der Waals surface area contributed by atoms with E-state index in [0.717, 1.165) is 30.4 Å². The first-order chi connectivity index (χ1) is 7.27. The normalized spacial score (nSPS) is 14.4. The molecule has 15 heavy (non-hydrogen) atoms. The Balaban J connectivity index is 2.19. The smallest absolute Gasteiger partial charge is 0.195 e. The minimum absolute atomic E-state index is 0.854. The zero-order valence-corrected chi connectivity index (χ0v) is 9.12. The van der Waals surface area contributed by atoms with Crippen LogP contribution < -0.4 is 15.5 Å². The lowest BCUT2D eigenvalue weighted by Crippen LogP contribution is -2.27. The quantitative estimate of drug-likeness (QED) is 0.758. The van der Waals surface area contributed by atoms with Crippen molar-refractivity contribution in [3.8, 4) is 0 Å². The first kappa shape index (κ1) is 9.83. The molecule has 4 nitrogen and oxygen atoms in total. The van der Waals surface area contributed by atoms with Crippen molar-refractivity contribution in [3.63, 3.8) is 0 Å². The summed E-state index contributed by atoms with van der Waals surface area (Å²) < 4.78 is 0. The van der Waals surface area contributed by atoms with Gasteiger partial charge >= 0.3 is 0 Å². The lowest BCUT2D eigenvalue weighted by molar-refractivity contribution is 0.959. The molecular weight excluding hydrogens is 188 g/mol. The molecule has 2 N–H and O–H groups in total. The number of hydrogen-bond donors (Lipinski definition) is 2. The van der Waals surface area contributed by atoms with Crippen molar-refractivity contribution >= 4 is 17.3 Å². The Labute approximate surface area is 90.0 Å². The fourth-order valence-electron chi connectivity index (χ4n) is 1.58. The first-order valence-electron chi connectivity index (χ1n) is 5.09. The summed E-state index contributed by atoms with van der Waals surface area (Å²) in [6.07, 6.45) is 0. The number of nitrogens with one attached hydrogen (secondary N) is 2. The third-order valence-electron chi connectivity index (χ3n) is 2.31. The molecule has 0 saturated carbocycles. The van der Waals surface area contributed by atoms with Crippen molar-refractivity contribution in [1.82, 2.24) is 5.32 Å². The van der Waals surface area contributed by atoms with Crippen LogP contribution in [-0.4, -0.2) is 33.1 Å². The van der Waals surface area contributed by atoms with Gasteiger partial charge in [-0.3, -0.25) is 4.99 Å². The van der Waals surface area contributed by atoms with Gasteiger partial charge < -0.3 is 15.5 Å². The van der Waals surface area contributed by atoms with E-state index in [1.807, 2.05) is 26.2 Å². The zero-order chi connectivity index (χ0) is 10.7. The highest BCUT2D eigenvalue weighted by Gasteiger charge is 2.08. The molecule has 4 heteroatoms. The van der Waals surface area contributed by atoms with Crippen LogP contribution in [0.5, 0.6) is 0 Å². The minimum atomic E-state index is 0.854. The molecule has 0 unspecified atom stereocenters. The van der Waals surface area contributed by atoms with E-state index in [1.54, 1.807) is 0 Å². The van der Waals surface area contributed by atoms with Gasteiger partial charge in [-0.1, -0.05) is 12.1 Å². The van der Waals surface area contributed by atoms with E-state index in [1.165, 1.54) is 0 Å². The van der Waals surface area contributed by atoms with Gasteiger partial charge in [0.2, 0.25) is 0 Å². The predicted octanol–water partition coefficient (Wildman–Crippen LogP) is 1.12. The van der Waals surface area contributed by atoms with Crippen molar-refractivity contribution in [3.05, 3.63) is 24.3 Å². The SMILES string of the molecule is CN(C)c1ccccc1NC1=NCCN1. The molecule has 0 saturated heterocycles. The number of anilines is 2. The van der Waals surface area contributed by atoms with Crippen LogP contribution in [0, 0.1) is 0 Å². The lowest BCUT2D eigenvalue weighted by atomic mass is 10.2. The van der Waals surface area contributed by atoms with Crippen LogP contribution in [0.4, 0.5) is 11.4 Å². The minimum Gasteiger partial charge on any atom is -0.376 e. The highest BCUT2D eigenvalue weighted by Crippen LogP contribution is 2.23.